The van der Waals surface area contributed by atoms with E-state index in [2.05, 4.69) is 38.1 Å². The maximum absolute atomic E-state index is 14.0. The third-order valence-corrected chi connectivity index (χ3v) is 8.11. The van der Waals surface area contributed by atoms with Gasteiger partial charge >= 0.3 is 6.18 Å². The zero-order chi connectivity index (χ0) is 23.1. The summed E-state index contributed by atoms with van der Waals surface area (Å²) in [5.74, 6) is 0. The van der Waals surface area contributed by atoms with Crippen LogP contribution in [0, 0.1) is 6.92 Å². The average molecular weight is 458 g/mol. The number of hydrogen-bond donors (Lipinski definition) is 0. The fourth-order valence-corrected chi connectivity index (χ4v) is 6.22. The lowest BCUT2D eigenvalue weighted by atomic mass is 10.1. The SMILES string of the molecule is CCCCc1ccc([S+](c2ccc(CCCC)cc2)c2c(C)cccc2C(F)(F)F)cc1. The molecule has 0 aliphatic rings. The molecule has 0 saturated carbocycles. The number of benzene rings is 3. The van der Waals surface area contributed by atoms with Gasteiger partial charge in [0.2, 0.25) is 0 Å². The molecule has 0 aliphatic carbocycles. The first kappa shape index (κ1) is 24.4. The van der Waals surface area contributed by atoms with Crippen LogP contribution in [0.15, 0.2) is 81.4 Å². The molecule has 32 heavy (non-hydrogen) atoms. The molecule has 0 fully saturated rings. The Kier molecular flexibility index (Phi) is 8.47. The molecule has 0 radical (unpaired) electrons. The van der Waals surface area contributed by atoms with Gasteiger partial charge in [0.25, 0.3) is 0 Å². The van der Waals surface area contributed by atoms with Crippen LogP contribution in [0.1, 0.15) is 61.8 Å². The molecular formula is C28H32F3S+. The first-order valence-electron chi connectivity index (χ1n) is 11.4. The summed E-state index contributed by atoms with van der Waals surface area (Å²) >= 11 is 0. The summed E-state index contributed by atoms with van der Waals surface area (Å²) < 4.78 is 42.1. The van der Waals surface area contributed by atoms with Gasteiger partial charge in [0.05, 0.1) is 0 Å². The first-order chi connectivity index (χ1) is 15.3. The van der Waals surface area contributed by atoms with E-state index in [-0.39, 0.29) is 0 Å². The van der Waals surface area contributed by atoms with Gasteiger partial charge in [-0.1, -0.05) is 63.1 Å². The monoisotopic (exact) mass is 457 g/mol. The summed E-state index contributed by atoms with van der Waals surface area (Å²) in [6.45, 7) is 6.11. The van der Waals surface area contributed by atoms with Crippen LogP contribution >= 0.6 is 0 Å². The average Bonchev–Trinajstić information content (AvgIpc) is 2.78. The summed E-state index contributed by atoms with van der Waals surface area (Å²) in [6.07, 6.45) is 2.06. The number of aryl methyl sites for hydroxylation is 3. The quantitative estimate of drug-likeness (QED) is 0.282. The predicted octanol–water partition coefficient (Wildman–Crippen LogP) is 8.79. The van der Waals surface area contributed by atoms with Gasteiger partial charge in [-0.05, 0) is 74.1 Å². The van der Waals surface area contributed by atoms with Crippen molar-refractivity contribution in [2.45, 2.75) is 80.2 Å². The number of unbranched alkanes of at least 4 members (excludes halogenated alkanes) is 2. The van der Waals surface area contributed by atoms with Crippen LogP contribution in [0.4, 0.5) is 13.2 Å². The third-order valence-electron chi connectivity index (χ3n) is 5.68. The van der Waals surface area contributed by atoms with Crippen molar-refractivity contribution in [3.05, 3.63) is 89.0 Å². The summed E-state index contributed by atoms with van der Waals surface area (Å²) in [5, 5.41) is 0. The van der Waals surface area contributed by atoms with Gasteiger partial charge in [0.1, 0.15) is 16.5 Å². The Morgan fingerprint density at radius 1 is 0.688 bits per heavy atom. The summed E-state index contributed by atoms with van der Waals surface area (Å²) in [6, 6.07) is 20.9. The Balaban J connectivity index is 2.11. The van der Waals surface area contributed by atoms with Crippen molar-refractivity contribution in [3.63, 3.8) is 0 Å². The van der Waals surface area contributed by atoms with Crippen molar-refractivity contribution < 1.29 is 13.2 Å². The number of rotatable bonds is 9. The largest absolute Gasteiger partial charge is 0.421 e. The Morgan fingerprint density at radius 3 is 1.56 bits per heavy atom. The van der Waals surface area contributed by atoms with E-state index >= 15 is 0 Å². The fraction of sp³-hybridized carbons (Fsp3) is 0.357. The highest BCUT2D eigenvalue weighted by atomic mass is 32.2. The molecule has 4 heteroatoms. The van der Waals surface area contributed by atoms with Gasteiger partial charge in [0, 0.05) is 5.56 Å². The highest BCUT2D eigenvalue weighted by Crippen LogP contribution is 2.42. The second kappa shape index (κ2) is 11.1. The first-order valence-corrected chi connectivity index (χ1v) is 12.7. The molecule has 0 heterocycles. The second-order valence-electron chi connectivity index (χ2n) is 8.25. The molecule has 0 unspecified atom stereocenters. The number of hydrogen-bond acceptors (Lipinski definition) is 0. The zero-order valence-corrected chi connectivity index (χ0v) is 20.0. The Hall–Kier alpha value is -2.20. The number of alkyl halides is 3. The van der Waals surface area contributed by atoms with Crippen molar-refractivity contribution in [1.29, 1.82) is 0 Å². The van der Waals surface area contributed by atoms with Crippen LogP contribution in [0.5, 0.6) is 0 Å². The lowest BCUT2D eigenvalue weighted by molar-refractivity contribution is -0.139. The standard InChI is InChI=1S/C28H32F3S/c1-4-6-10-22-13-17-24(18-14-22)32(25-19-15-23(16-20-25)11-7-5-2)27-21(3)9-8-12-26(27)28(29,30)31/h8-9,12-20H,4-7,10-11H2,1-3H3/q+1. The maximum atomic E-state index is 14.0. The highest BCUT2D eigenvalue weighted by molar-refractivity contribution is 7.97. The van der Waals surface area contributed by atoms with Crippen LogP contribution in [0.25, 0.3) is 0 Å². The van der Waals surface area contributed by atoms with Gasteiger partial charge in [-0.15, -0.1) is 0 Å². The Labute approximate surface area is 193 Å². The molecule has 0 aliphatic heterocycles. The van der Waals surface area contributed by atoms with Crippen molar-refractivity contribution in [2.75, 3.05) is 0 Å². The van der Waals surface area contributed by atoms with Crippen LogP contribution in [0.3, 0.4) is 0 Å². The van der Waals surface area contributed by atoms with E-state index in [0.717, 1.165) is 48.3 Å². The Bertz CT molecular complexity index is 937. The van der Waals surface area contributed by atoms with E-state index in [1.807, 2.05) is 24.3 Å². The highest BCUT2D eigenvalue weighted by Gasteiger charge is 2.42. The molecule has 0 N–H and O–H groups in total. The summed E-state index contributed by atoms with van der Waals surface area (Å²) in [4.78, 5) is 2.22. The van der Waals surface area contributed by atoms with Crippen molar-refractivity contribution in [2.24, 2.45) is 0 Å². The molecule has 0 saturated heterocycles. The van der Waals surface area contributed by atoms with E-state index in [1.165, 1.54) is 23.3 Å². The van der Waals surface area contributed by atoms with Crippen LogP contribution in [0.2, 0.25) is 0 Å². The number of halogens is 3. The molecule has 0 spiro atoms. The lowest BCUT2D eigenvalue weighted by Crippen LogP contribution is -2.16. The smallest absolute Gasteiger partial charge is 0.166 e. The van der Waals surface area contributed by atoms with Gasteiger partial charge < -0.3 is 0 Å². The van der Waals surface area contributed by atoms with Gasteiger partial charge in [-0.3, -0.25) is 0 Å². The minimum Gasteiger partial charge on any atom is -0.166 e. The van der Waals surface area contributed by atoms with E-state index < -0.39 is 22.6 Å². The minimum absolute atomic E-state index is 0.377. The summed E-state index contributed by atoms with van der Waals surface area (Å²) in [5.41, 5.74) is 2.60. The second-order valence-corrected chi connectivity index (χ2v) is 10.2. The van der Waals surface area contributed by atoms with Crippen LogP contribution < -0.4 is 0 Å². The van der Waals surface area contributed by atoms with E-state index in [1.54, 1.807) is 13.0 Å². The van der Waals surface area contributed by atoms with Gasteiger partial charge in [-0.2, -0.15) is 13.2 Å². The van der Waals surface area contributed by atoms with Gasteiger partial charge in [-0.25, -0.2) is 0 Å². The molecule has 3 aromatic carbocycles. The van der Waals surface area contributed by atoms with Gasteiger partial charge in [0.15, 0.2) is 14.7 Å². The zero-order valence-electron chi connectivity index (χ0n) is 19.1. The fourth-order valence-electron chi connectivity index (χ4n) is 3.86. The predicted molar refractivity (Wildman–Crippen MR) is 128 cm³/mol. The third kappa shape index (κ3) is 5.98. The van der Waals surface area contributed by atoms with Crippen molar-refractivity contribution >= 4 is 10.9 Å². The molecule has 0 amide bonds. The molecule has 0 bridgehead atoms. The topological polar surface area (TPSA) is 0 Å². The molecule has 3 rings (SSSR count). The molecule has 0 nitrogen and oxygen atoms in total. The van der Waals surface area contributed by atoms with E-state index in [4.69, 9.17) is 0 Å². The van der Waals surface area contributed by atoms with Crippen LogP contribution in [-0.2, 0) is 29.9 Å². The molecular weight excluding hydrogens is 425 g/mol. The Morgan fingerprint density at radius 2 is 1.16 bits per heavy atom. The molecule has 0 atom stereocenters. The molecule has 0 aromatic heterocycles. The van der Waals surface area contributed by atoms with Crippen LogP contribution in [-0.4, -0.2) is 0 Å². The van der Waals surface area contributed by atoms with Crippen molar-refractivity contribution in [3.8, 4) is 0 Å². The maximum Gasteiger partial charge on any atom is 0.421 e. The van der Waals surface area contributed by atoms with E-state index in [0.29, 0.717) is 10.5 Å². The minimum atomic E-state index is -4.39. The van der Waals surface area contributed by atoms with E-state index in [9.17, 15) is 13.2 Å². The van der Waals surface area contributed by atoms with Crippen molar-refractivity contribution in [1.82, 2.24) is 0 Å². The normalized spacial score (nSPS) is 11.8. The summed E-state index contributed by atoms with van der Waals surface area (Å²) in [7, 11) is -0.832. The molecule has 3 aromatic rings. The lowest BCUT2D eigenvalue weighted by Gasteiger charge is -2.16. The molecule has 170 valence electrons.